The van der Waals surface area contributed by atoms with E-state index in [-0.39, 0.29) is 18.0 Å². The van der Waals surface area contributed by atoms with Crippen LogP contribution >= 0.6 is 0 Å². The highest BCUT2D eigenvalue weighted by Crippen LogP contribution is 2.12. The number of piperazine rings is 1. The topological polar surface area (TPSA) is 75.9 Å². The minimum atomic E-state index is -0.0619. The van der Waals surface area contributed by atoms with Crippen molar-refractivity contribution in [2.75, 3.05) is 13.1 Å². The molecule has 0 saturated carbocycles. The molecular weight excluding hydrogens is 280 g/mol. The lowest BCUT2D eigenvalue weighted by Crippen LogP contribution is -2.57. The third-order valence-electron chi connectivity index (χ3n) is 4.10. The number of carbonyl (C=O) groups is 1. The molecule has 7 heteroatoms. The molecule has 0 radical (unpaired) electrons. The van der Waals surface area contributed by atoms with E-state index in [9.17, 15) is 4.79 Å². The lowest BCUT2D eigenvalue weighted by Gasteiger charge is -2.38. The van der Waals surface area contributed by atoms with Crippen molar-refractivity contribution in [3.63, 3.8) is 0 Å². The summed E-state index contributed by atoms with van der Waals surface area (Å²) >= 11 is 0. The molecule has 3 rings (SSSR count). The van der Waals surface area contributed by atoms with E-state index in [4.69, 9.17) is 0 Å². The molecule has 1 amide bonds. The first-order chi connectivity index (χ1) is 10.6. The maximum absolute atomic E-state index is 12.6. The summed E-state index contributed by atoms with van der Waals surface area (Å²) in [6, 6.07) is 6.13. The van der Waals surface area contributed by atoms with Gasteiger partial charge in [-0.2, -0.15) is 0 Å². The highest BCUT2D eigenvalue weighted by molar-refractivity contribution is 5.92. The van der Waals surface area contributed by atoms with Gasteiger partial charge in [-0.1, -0.05) is 11.3 Å². The molecule has 7 nitrogen and oxygen atoms in total. The zero-order chi connectivity index (χ0) is 15.5. The van der Waals surface area contributed by atoms with Gasteiger partial charge in [0.05, 0.1) is 18.4 Å². The molecule has 2 unspecified atom stereocenters. The number of aromatic nitrogens is 4. The largest absolute Gasteiger partial charge is 0.332 e. The van der Waals surface area contributed by atoms with Crippen LogP contribution < -0.4 is 5.32 Å². The normalized spacial score (nSPS) is 21.8. The van der Waals surface area contributed by atoms with Gasteiger partial charge in [-0.25, -0.2) is 4.68 Å². The third-order valence-corrected chi connectivity index (χ3v) is 4.10. The third kappa shape index (κ3) is 2.99. The van der Waals surface area contributed by atoms with E-state index < -0.39 is 0 Å². The summed E-state index contributed by atoms with van der Waals surface area (Å²) in [4.78, 5) is 18.7. The Morgan fingerprint density at radius 1 is 1.41 bits per heavy atom. The maximum Gasteiger partial charge on any atom is 0.276 e. The Hall–Kier alpha value is -2.28. The fraction of sp³-hybridized carbons (Fsp3) is 0.467. The molecule has 3 heterocycles. The molecule has 2 atom stereocenters. The van der Waals surface area contributed by atoms with Crippen LogP contribution in [0.3, 0.4) is 0 Å². The number of nitrogens with zero attached hydrogens (tertiary/aromatic N) is 5. The molecule has 2 aromatic rings. The summed E-state index contributed by atoms with van der Waals surface area (Å²) in [5.41, 5.74) is 1.27. The lowest BCUT2D eigenvalue weighted by atomic mass is 10.1. The predicted octanol–water partition coefficient (Wildman–Crippen LogP) is 0.544. The molecule has 1 saturated heterocycles. The van der Waals surface area contributed by atoms with Crippen LogP contribution in [0.1, 0.15) is 30.0 Å². The van der Waals surface area contributed by atoms with Gasteiger partial charge in [0.25, 0.3) is 5.91 Å². The van der Waals surface area contributed by atoms with Crippen molar-refractivity contribution in [1.82, 2.24) is 30.2 Å². The summed E-state index contributed by atoms with van der Waals surface area (Å²) in [6.45, 7) is 6.14. The van der Waals surface area contributed by atoms with E-state index in [1.807, 2.05) is 30.0 Å². The van der Waals surface area contributed by atoms with E-state index in [0.29, 0.717) is 18.8 Å². The first-order valence-electron chi connectivity index (χ1n) is 7.49. The van der Waals surface area contributed by atoms with Gasteiger partial charge in [-0.3, -0.25) is 9.78 Å². The van der Waals surface area contributed by atoms with Crippen LogP contribution in [0, 0.1) is 0 Å². The number of pyridine rings is 1. The fourth-order valence-corrected chi connectivity index (χ4v) is 2.62. The lowest BCUT2D eigenvalue weighted by molar-refractivity contribution is 0.0597. The van der Waals surface area contributed by atoms with E-state index in [0.717, 1.165) is 12.2 Å². The van der Waals surface area contributed by atoms with Crippen molar-refractivity contribution < 1.29 is 4.79 Å². The Morgan fingerprint density at radius 2 is 2.27 bits per heavy atom. The molecule has 1 N–H and O–H groups in total. The Balaban J connectivity index is 1.71. The molecule has 1 aliphatic heterocycles. The Kier molecular flexibility index (Phi) is 4.15. The second-order valence-corrected chi connectivity index (χ2v) is 5.60. The molecule has 0 spiro atoms. The van der Waals surface area contributed by atoms with Crippen LogP contribution in [0.25, 0.3) is 0 Å². The molecule has 116 valence electrons. The summed E-state index contributed by atoms with van der Waals surface area (Å²) in [5.74, 6) is -0.0619. The first kappa shape index (κ1) is 14.6. The Bertz CT molecular complexity index is 640. The first-order valence-corrected chi connectivity index (χ1v) is 7.49. The van der Waals surface area contributed by atoms with Crippen molar-refractivity contribution in [3.05, 3.63) is 42.0 Å². The minimum Gasteiger partial charge on any atom is -0.332 e. The number of carbonyl (C=O) groups excluding carboxylic acids is 1. The zero-order valence-corrected chi connectivity index (χ0v) is 12.8. The molecule has 1 fully saturated rings. The number of hydrogen-bond donors (Lipinski definition) is 1. The maximum atomic E-state index is 12.6. The van der Waals surface area contributed by atoms with Crippen molar-refractivity contribution in [1.29, 1.82) is 0 Å². The zero-order valence-electron chi connectivity index (χ0n) is 12.8. The molecule has 22 heavy (non-hydrogen) atoms. The van der Waals surface area contributed by atoms with E-state index in [1.165, 1.54) is 0 Å². The van der Waals surface area contributed by atoms with E-state index >= 15 is 0 Å². The monoisotopic (exact) mass is 300 g/mol. The van der Waals surface area contributed by atoms with Crippen molar-refractivity contribution >= 4 is 5.91 Å². The summed E-state index contributed by atoms with van der Waals surface area (Å²) in [7, 11) is 0. The molecule has 0 bridgehead atoms. The molecular formula is C15H20N6O. The molecule has 0 aromatic carbocycles. The van der Waals surface area contributed by atoms with Crippen molar-refractivity contribution in [2.24, 2.45) is 0 Å². The van der Waals surface area contributed by atoms with Crippen molar-refractivity contribution in [3.8, 4) is 0 Å². The van der Waals surface area contributed by atoms with Crippen LogP contribution in [0.5, 0.6) is 0 Å². The summed E-state index contributed by atoms with van der Waals surface area (Å²) in [6.07, 6.45) is 3.43. The fourth-order valence-electron chi connectivity index (χ4n) is 2.62. The van der Waals surface area contributed by atoms with Crippen LogP contribution in [0.4, 0.5) is 0 Å². The van der Waals surface area contributed by atoms with Gasteiger partial charge in [0.1, 0.15) is 0 Å². The van der Waals surface area contributed by atoms with E-state index in [1.54, 1.807) is 17.1 Å². The standard InChI is InChI=1S/C15H20N6O/c1-11-12(2)21(8-7-16-11)15(22)14-10-20(19-18-14)9-13-5-3-4-6-17-13/h3-6,10-12,16H,7-9H2,1-2H3. The van der Waals surface area contributed by atoms with Gasteiger partial charge in [0, 0.05) is 31.4 Å². The summed E-state index contributed by atoms with van der Waals surface area (Å²) in [5, 5.41) is 11.4. The number of nitrogens with one attached hydrogen (secondary N) is 1. The molecule has 1 aliphatic rings. The second kappa shape index (κ2) is 6.23. The van der Waals surface area contributed by atoms with Gasteiger partial charge < -0.3 is 10.2 Å². The smallest absolute Gasteiger partial charge is 0.276 e. The summed E-state index contributed by atoms with van der Waals surface area (Å²) < 4.78 is 1.64. The van der Waals surface area contributed by atoms with E-state index in [2.05, 4.69) is 27.5 Å². The Morgan fingerprint density at radius 3 is 3.05 bits per heavy atom. The molecule has 2 aromatic heterocycles. The van der Waals surface area contributed by atoms with Crippen LogP contribution in [-0.4, -0.2) is 56.0 Å². The van der Waals surface area contributed by atoms with Gasteiger partial charge in [0.15, 0.2) is 5.69 Å². The quantitative estimate of drug-likeness (QED) is 0.895. The van der Waals surface area contributed by atoms with Gasteiger partial charge >= 0.3 is 0 Å². The number of amides is 1. The second-order valence-electron chi connectivity index (χ2n) is 5.60. The SMILES string of the molecule is CC1NCCN(C(=O)c2cn(Cc3ccccn3)nn2)C1C. The van der Waals surface area contributed by atoms with Gasteiger partial charge in [-0.15, -0.1) is 5.10 Å². The highest BCUT2D eigenvalue weighted by Gasteiger charge is 2.30. The number of rotatable bonds is 3. The van der Waals surface area contributed by atoms with Crippen LogP contribution in [0.15, 0.2) is 30.6 Å². The minimum absolute atomic E-state index is 0.0619. The van der Waals surface area contributed by atoms with Crippen molar-refractivity contribution in [2.45, 2.75) is 32.5 Å². The highest BCUT2D eigenvalue weighted by atomic mass is 16.2. The van der Waals surface area contributed by atoms with Gasteiger partial charge in [0.2, 0.25) is 0 Å². The predicted molar refractivity (Wildman–Crippen MR) is 81.3 cm³/mol. The van der Waals surface area contributed by atoms with Crippen LogP contribution in [0.2, 0.25) is 0 Å². The number of hydrogen-bond acceptors (Lipinski definition) is 5. The van der Waals surface area contributed by atoms with Gasteiger partial charge in [-0.05, 0) is 26.0 Å². The molecule has 0 aliphatic carbocycles. The average molecular weight is 300 g/mol. The van der Waals surface area contributed by atoms with Crippen LogP contribution in [-0.2, 0) is 6.54 Å². The average Bonchev–Trinajstić information content (AvgIpc) is 2.99. The Labute approximate surface area is 129 Å².